The maximum absolute atomic E-state index is 10.8. The zero-order chi connectivity index (χ0) is 13.0. The molecular weight excluding hydrogens is 234 g/mol. The summed E-state index contributed by atoms with van der Waals surface area (Å²) >= 11 is 0. The monoisotopic (exact) mass is 251 g/mol. The lowest BCUT2D eigenvalue weighted by molar-refractivity contribution is -0.139. The van der Waals surface area contributed by atoms with Crippen LogP contribution in [0.3, 0.4) is 0 Å². The number of aromatic nitrogens is 1. The Labute approximate surface area is 105 Å². The molecule has 0 atom stereocenters. The Bertz CT molecular complexity index is 415. The summed E-state index contributed by atoms with van der Waals surface area (Å²) in [5, 5.41) is 15.3. The van der Waals surface area contributed by atoms with Crippen molar-refractivity contribution in [3.05, 3.63) is 23.9 Å². The van der Waals surface area contributed by atoms with E-state index in [1.165, 1.54) is 0 Å². The van der Waals surface area contributed by atoms with E-state index in [9.17, 15) is 4.79 Å². The van der Waals surface area contributed by atoms with E-state index in [0.29, 0.717) is 25.5 Å². The van der Waals surface area contributed by atoms with E-state index in [2.05, 4.69) is 15.6 Å². The maximum Gasteiger partial charge on any atom is 0.305 e. The van der Waals surface area contributed by atoms with E-state index >= 15 is 0 Å². The number of rotatable bonds is 6. The number of carbonyl (C=O) groups is 1. The summed E-state index contributed by atoms with van der Waals surface area (Å²) in [4.78, 5) is 14.9. The topological polar surface area (TPSA) is 83.5 Å². The van der Waals surface area contributed by atoms with Crippen molar-refractivity contribution in [3.63, 3.8) is 0 Å². The largest absolute Gasteiger partial charge is 0.481 e. The first-order chi connectivity index (χ1) is 8.63. The van der Waals surface area contributed by atoms with Crippen LogP contribution in [0.1, 0.15) is 12.0 Å². The zero-order valence-corrected chi connectivity index (χ0v) is 10.3. The standard InChI is InChI=1S/C12H17N3O3/c1-18-10-3-2-9(5-14-10)6-15-12(4-11(16)17)7-13-8-12/h2-3,5,13,15H,4,6-8H2,1H3,(H,16,17). The molecule has 1 aromatic rings. The zero-order valence-electron chi connectivity index (χ0n) is 10.3. The average Bonchev–Trinajstić information content (AvgIpc) is 2.32. The van der Waals surface area contributed by atoms with Crippen LogP contribution in [0.25, 0.3) is 0 Å². The van der Waals surface area contributed by atoms with Gasteiger partial charge in [-0.2, -0.15) is 0 Å². The maximum atomic E-state index is 10.8. The van der Waals surface area contributed by atoms with Crippen molar-refractivity contribution in [3.8, 4) is 5.88 Å². The summed E-state index contributed by atoms with van der Waals surface area (Å²) in [6.07, 6.45) is 1.86. The molecule has 0 aromatic carbocycles. The Balaban J connectivity index is 1.91. The minimum absolute atomic E-state index is 0.129. The smallest absolute Gasteiger partial charge is 0.305 e. The van der Waals surface area contributed by atoms with Crippen LogP contribution in [0.15, 0.2) is 18.3 Å². The first-order valence-electron chi connectivity index (χ1n) is 5.80. The molecule has 18 heavy (non-hydrogen) atoms. The molecule has 0 saturated carbocycles. The number of pyridine rings is 1. The summed E-state index contributed by atoms with van der Waals surface area (Å²) in [5.74, 6) is -0.207. The van der Waals surface area contributed by atoms with Crippen molar-refractivity contribution in [2.24, 2.45) is 0 Å². The highest BCUT2D eigenvalue weighted by atomic mass is 16.5. The number of methoxy groups -OCH3 is 1. The van der Waals surface area contributed by atoms with Crippen molar-refractivity contribution in [2.75, 3.05) is 20.2 Å². The van der Waals surface area contributed by atoms with Gasteiger partial charge in [-0.1, -0.05) is 6.07 Å². The molecule has 0 radical (unpaired) electrons. The number of hydrogen-bond acceptors (Lipinski definition) is 5. The van der Waals surface area contributed by atoms with Crippen LogP contribution in [0.5, 0.6) is 5.88 Å². The van der Waals surface area contributed by atoms with E-state index in [-0.39, 0.29) is 12.0 Å². The van der Waals surface area contributed by atoms with E-state index in [0.717, 1.165) is 5.56 Å². The molecule has 1 aromatic heterocycles. The Morgan fingerprint density at radius 2 is 2.39 bits per heavy atom. The minimum atomic E-state index is -0.781. The summed E-state index contributed by atoms with van der Waals surface area (Å²) in [6.45, 7) is 1.97. The van der Waals surface area contributed by atoms with Crippen LogP contribution in [0.4, 0.5) is 0 Å². The van der Waals surface area contributed by atoms with Crippen LogP contribution in [-0.2, 0) is 11.3 Å². The van der Waals surface area contributed by atoms with Gasteiger partial charge >= 0.3 is 5.97 Å². The minimum Gasteiger partial charge on any atom is -0.481 e. The van der Waals surface area contributed by atoms with E-state index < -0.39 is 5.97 Å². The van der Waals surface area contributed by atoms with Crippen molar-refractivity contribution in [2.45, 2.75) is 18.5 Å². The predicted molar refractivity (Wildman–Crippen MR) is 65.5 cm³/mol. The second-order valence-corrected chi connectivity index (χ2v) is 4.52. The van der Waals surface area contributed by atoms with Gasteiger partial charge in [0.25, 0.3) is 0 Å². The van der Waals surface area contributed by atoms with Gasteiger partial charge in [0, 0.05) is 31.9 Å². The highest BCUT2D eigenvalue weighted by Gasteiger charge is 2.38. The molecule has 0 aliphatic carbocycles. The van der Waals surface area contributed by atoms with Gasteiger partial charge < -0.3 is 20.5 Å². The first-order valence-corrected chi connectivity index (χ1v) is 5.80. The molecule has 1 aliphatic rings. The number of carboxylic acids is 1. The second kappa shape index (κ2) is 5.32. The number of aliphatic carboxylic acids is 1. The Morgan fingerprint density at radius 3 is 2.83 bits per heavy atom. The quantitative estimate of drug-likeness (QED) is 0.660. The third kappa shape index (κ3) is 2.96. The SMILES string of the molecule is COc1ccc(CNC2(CC(=O)O)CNC2)cn1. The van der Waals surface area contributed by atoms with Crippen molar-refractivity contribution in [1.29, 1.82) is 0 Å². The van der Waals surface area contributed by atoms with Crippen LogP contribution in [-0.4, -0.2) is 41.8 Å². The number of nitrogens with zero attached hydrogens (tertiary/aromatic N) is 1. The van der Waals surface area contributed by atoms with E-state index in [1.807, 2.05) is 6.07 Å². The molecule has 1 saturated heterocycles. The summed E-state index contributed by atoms with van der Waals surface area (Å²) < 4.78 is 4.98. The molecule has 1 aliphatic heterocycles. The fourth-order valence-corrected chi connectivity index (χ4v) is 1.95. The molecule has 2 rings (SSSR count). The molecule has 0 spiro atoms. The number of nitrogens with one attached hydrogen (secondary N) is 2. The van der Waals surface area contributed by atoms with Gasteiger partial charge in [-0.25, -0.2) is 4.98 Å². The lowest BCUT2D eigenvalue weighted by Gasteiger charge is -2.42. The van der Waals surface area contributed by atoms with Crippen LogP contribution >= 0.6 is 0 Å². The summed E-state index contributed by atoms with van der Waals surface area (Å²) in [7, 11) is 1.57. The van der Waals surface area contributed by atoms with Crippen molar-refractivity contribution in [1.82, 2.24) is 15.6 Å². The van der Waals surface area contributed by atoms with Gasteiger partial charge in [-0.15, -0.1) is 0 Å². The number of ether oxygens (including phenoxy) is 1. The van der Waals surface area contributed by atoms with Gasteiger partial charge in [0.1, 0.15) is 0 Å². The fraction of sp³-hybridized carbons (Fsp3) is 0.500. The van der Waals surface area contributed by atoms with Gasteiger partial charge in [-0.3, -0.25) is 4.79 Å². The van der Waals surface area contributed by atoms with E-state index in [1.54, 1.807) is 19.4 Å². The normalized spacial score (nSPS) is 16.9. The summed E-state index contributed by atoms with van der Waals surface area (Å²) in [5.41, 5.74) is 0.679. The molecule has 6 nitrogen and oxygen atoms in total. The van der Waals surface area contributed by atoms with E-state index in [4.69, 9.17) is 9.84 Å². The third-order valence-corrected chi connectivity index (χ3v) is 3.09. The predicted octanol–water partition coefficient (Wildman–Crippen LogP) is -0.00350. The lowest BCUT2D eigenvalue weighted by atomic mass is 9.88. The Morgan fingerprint density at radius 1 is 1.61 bits per heavy atom. The number of carboxylic acid groups (broad SMARTS) is 1. The molecule has 2 heterocycles. The molecule has 0 bridgehead atoms. The molecule has 98 valence electrons. The molecule has 1 fully saturated rings. The molecule has 0 unspecified atom stereocenters. The van der Waals surface area contributed by atoms with Gasteiger partial charge in [0.05, 0.1) is 19.1 Å². The van der Waals surface area contributed by atoms with Crippen LogP contribution in [0.2, 0.25) is 0 Å². The Hall–Kier alpha value is -1.66. The fourth-order valence-electron chi connectivity index (χ4n) is 1.95. The number of hydrogen-bond donors (Lipinski definition) is 3. The highest BCUT2D eigenvalue weighted by molar-refractivity contribution is 5.68. The molecular formula is C12H17N3O3. The van der Waals surface area contributed by atoms with Gasteiger partial charge in [0.15, 0.2) is 0 Å². The van der Waals surface area contributed by atoms with Crippen LogP contribution in [0, 0.1) is 0 Å². The molecule has 3 N–H and O–H groups in total. The Kier molecular flexibility index (Phi) is 3.78. The highest BCUT2D eigenvalue weighted by Crippen LogP contribution is 2.17. The van der Waals surface area contributed by atoms with Crippen molar-refractivity contribution < 1.29 is 14.6 Å². The molecule has 6 heteroatoms. The lowest BCUT2D eigenvalue weighted by Crippen LogP contribution is -2.68. The summed E-state index contributed by atoms with van der Waals surface area (Å²) in [6, 6.07) is 3.71. The second-order valence-electron chi connectivity index (χ2n) is 4.52. The average molecular weight is 251 g/mol. The third-order valence-electron chi connectivity index (χ3n) is 3.09. The van der Waals surface area contributed by atoms with Gasteiger partial charge in [0.2, 0.25) is 5.88 Å². The van der Waals surface area contributed by atoms with Crippen LogP contribution < -0.4 is 15.4 Å². The van der Waals surface area contributed by atoms with Crippen molar-refractivity contribution >= 4 is 5.97 Å². The van der Waals surface area contributed by atoms with Gasteiger partial charge in [-0.05, 0) is 5.56 Å². The molecule has 0 amide bonds. The first kappa shape index (κ1) is 12.8.